The number of aromatic nitrogens is 2. The summed E-state index contributed by atoms with van der Waals surface area (Å²) >= 11 is 0. The topological polar surface area (TPSA) is 64.8 Å². The predicted octanol–water partition coefficient (Wildman–Crippen LogP) is 2.77. The zero-order valence-electron chi connectivity index (χ0n) is 12.1. The van der Waals surface area contributed by atoms with E-state index in [1.165, 1.54) is 0 Å². The number of hydrogen-bond donors (Lipinski definition) is 1. The summed E-state index contributed by atoms with van der Waals surface area (Å²) in [5.74, 6) is 2.29. The van der Waals surface area contributed by atoms with Gasteiger partial charge < -0.3 is 10.2 Å². The van der Waals surface area contributed by atoms with E-state index >= 15 is 0 Å². The molecular formula is C15H17N5. The first kappa shape index (κ1) is 13.8. The highest BCUT2D eigenvalue weighted by Gasteiger charge is 2.15. The van der Waals surface area contributed by atoms with Crippen LogP contribution in [0.5, 0.6) is 0 Å². The van der Waals surface area contributed by atoms with Gasteiger partial charge in [-0.15, -0.1) is 0 Å². The van der Waals surface area contributed by atoms with Crippen LogP contribution in [0.25, 0.3) is 0 Å². The van der Waals surface area contributed by atoms with Crippen LogP contribution < -0.4 is 10.2 Å². The zero-order chi connectivity index (χ0) is 14.7. The lowest BCUT2D eigenvalue weighted by molar-refractivity contribution is 0.992. The summed E-state index contributed by atoms with van der Waals surface area (Å²) in [5.41, 5.74) is 2.41. The largest absolute Gasteiger partial charge is 0.373 e. The van der Waals surface area contributed by atoms with E-state index in [0.717, 1.165) is 22.9 Å². The SMILES string of the molecule is CNc1nc(C)nc(N(C)c2ccccc2C#N)c1C. The van der Waals surface area contributed by atoms with Crippen LogP contribution in [0.15, 0.2) is 24.3 Å². The lowest BCUT2D eigenvalue weighted by atomic mass is 10.1. The standard InChI is InChI=1S/C15H17N5/c1-10-14(17-3)18-11(2)19-15(10)20(4)13-8-6-5-7-12(13)9-16/h5-8H,1-4H3,(H,17,18,19). The van der Waals surface area contributed by atoms with Crippen LogP contribution in [-0.2, 0) is 0 Å². The number of rotatable bonds is 3. The Morgan fingerprint density at radius 2 is 1.90 bits per heavy atom. The third-order valence-corrected chi connectivity index (χ3v) is 3.17. The molecule has 0 aliphatic rings. The number of anilines is 3. The maximum atomic E-state index is 9.22. The fraction of sp³-hybridized carbons (Fsp3) is 0.267. The molecule has 0 radical (unpaired) electrons. The highest BCUT2D eigenvalue weighted by Crippen LogP contribution is 2.30. The van der Waals surface area contributed by atoms with E-state index in [9.17, 15) is 5.26 Å². The second kappa shape index (κ2) is 5.57. The number of hydrogen-bond acceptors (Lipinski definition) is 5. The summed E-state index contributed by atoms with van der Waals surface area (Å²) in [4.78, 5) is 10.8. The van der Waals surface area contributed by atoms with Gasteiger partial charge in [0.25, 0.3) is 0 Å². The second-order valence-electron chi connectivity index (χ2n) is 4.51. The average Bonchev–Trinajstić information content (AvgIpc) is 2.48. The molecule has 0 amide bonds. The number of nitriles is 1. The van der Waals surface area contributed by atoms with Crippen molar-refractivity contribution >= 4 is 17.3 Å². The first-order valence-corrected chi connectivity index (χ1v) is 6.34. The van der Waals surface area contributed by atoms with Gasteiger partial charge in [0.2, 0.25) is 0 Å². The Kier molecular flexibility index (Phi) is 3.85. The molecule has 0 fully saturated rings. The molecule has 2 aromatic rings. The minimum absolute atomic E-state index is 0.622. The molecule has 0 saturated heterocycles. The lowest BCUT2D eigenvalue weighted by Crippen LogP contribution is -2.16. The van der Waals surface area contributed by atoms with Crippen molar-refractivity contribution in [3.05, 3.63) is 41.2 Å². The minimum Gasteiger partial charge on any atom is -0.373 e. The van der Waals surface area contributed by atoms with Crippen LogP contribution in [0.2, 0.25) is 0 Å². The van der Waals surface area contributed by atoms with Gasteiger partial charge in [-0.2, -0.15) is 5.26 Å². The van der Waals surface area contributed by atoms with Gasteiger partial charge in [-0.1, -0.05) is 12.1 Å². The fourth-order valence-corrected chi connectivity index (χ4v) is 2.16. The van der Waals surface area contributed by atoms with Crippen molar-refractivity contribution in [2.45, 2.75) is 13.8 Å². The van der Waals surface area contributed by atoms with Gasteiger partial charge in [0, 0.05) is 19.7 Å². The average molecular weight is 267 g/mol. The Balaban J connectivity index is 2.57. The summed E-state index contributed by atoms with van der Waals surface area (Å²) in [6.07, 6.45) is 0. The molecular weight excluding hydrogens is 250 g/mol. The molecule has 1 N–H and O–H groups in total. The van der Waals surface area contributed by atoms with Gasteiger partial charge in [0.05, 0.1) is 11.3 Å². The molecule has 102 valence electrons. The maximum absolute atomic E-state index is 9.22. The summed E-state index contributed by atoms with van der Waals surface area (Å²) in [6.45, 7) is 3.82. The highest BCUT2D eigenvalue weighted by atomic mass is 15.2. The van der Waals surface area contributed by atoms with E-state index in [1.807, 2.05) is 51.0 Å². The van der Waals surface area contributed by atoms with Crippen molar-refractivity contribution in [2.75, 3.05) is 24.3 Å². The van der Waals surface area contributed by atoms with E-state index in [4.69, 9.17) is 0 Å². The lowest BCUT2D eigenvalue weighted by Gasteiger charge is -2.22. The Morgan fingerprint density at radius 1 is 1.20 bits per heavy atom. The van der Waals surface area contributed by atoms with Crippen molar-refractivity contribution in [3.8, 4) is 6.07 Å². The van der Waals surface area contributed by atoms with Gasteiger partial charge in [0.1, 0.15) is 23.5 Å². The molecule has 1 aromatic carbocycles. The monoisotopic (exact) mass is 267 g/mol. The molecule has 2 rings (SSSR count). The van der Waals surface area contributed by atoms with Crippen molar-refractivity contribution in [3.63, 3.8) is 0 Å². The van der Waals surface area contributed by atoms with E-state index < -0.39 is 0 Å². The van der Waals surface area contributed by atoms with Crippen molar-refractivity contribution < 1.29 is 0 Å². The van der Waals surface area contributed by atoms with Gasteiger partial charge in [-0.25, -0.2) is 9.97 Å². The minimum atomic E-state index is 0.622. The van der Waals surface area contributed by atoms with Gasteiger partial charge in [0.15, 0.2) is 0 Å². The highest BCUT2D eigenvalue weighted by molar-refractivity contribution is 5.70. The number of nitrogens with zero attached hydrogens (tertiary/aromatic N) is 4. The smallest absolute Gasteiger partial charge is 0.141 e. The normalized spacial score (nSPS) is 9.95. The molecule has 0 saturated carbocycles. The number of nitrogens with one attached hydrogen (secondary N) is 1. The van der Waals surface area contributed by atoms with Crippen molar-refractivity contribution in [2.24, 2.45) is 0 Å². The number of para-hydroxylation sites is 1. The van der Waals surface area contributed by atoms with Crippen LogP contribution in [0.1, 0.15) is 17.0 Å². The second-order valence-corrected chi connectivity index (χ2v) is 4.51. The van der Waals surface area contributed by atoms with Crippen molar-refractivity contribution in [1.29, 1.82) is 5.26 Å². The Morgan fingerprint density at radius 3 is 2.55 bits per heavy atom. The summed E-state index contributed by atoms with van der Waals surface area (Å²) in [6, 6.07) is 9.69. The summed E-state index contributed by atoms with van der Waals surface area (Å²) in [7, 11) is 3.74. The molecule has 0 spiro atoms. The fourth-order valence-electron chi connectivity index (χ4n) is 2.16. The quantitative estimate of drug-likeness (QED) is 0.926. The van der Waals surface area contributed by atoms with Gasteiger partial charge in [-0.05, 0) is 26.0 Å². The molecule has 1 aromatic heterocycles. The molecule has 5 heteroatoms. The van der Waals surface area contributed by atoms with Crippen LogP contribution in [-0.4, -0.2) is 24.1 Å². The summed E-state index contributed by atoms with van der Waals surface area (Å²) < 4.78 is 0. The van der Waals surface area contributed by atoms with E-state index in [1.54, 1.807) is 6.07 Å². The van der Waals surface area contributed by atoms with Crippen LogP contribution in [0, 0.1) is 25.2 Å². The maximum Gasteiger partial charge on any atom is 0.141 e. The third kappa shape index (κ3) is 2.41. The first-order valence-electron chi connectivity index (χ1n) is 6.34. The van der Waals surface area contributed by atoms with E-state index in [0.29, 0.717) is 11.4 Å². The van der Waals surface area contributed by atoms with Crippen molar-refractivity contribution in [1.82, 2.24) is 9.97 Å². The number of aryl methyl sites for hydroxylation is 1. The third-order valence-electron chi connectivity index (χ3n) is 3.17. The summed E-state index contributed by atoms with van der Waals surface area (Å²) in [5, 5.41) is 12.3. The molecule has 1 heterocycles. The molecule has 20 heavy (non-hydrogen) atoms. The van der Waals surface area contributed by atoms with Gasteiger partial charge in [-0.3, -0.25) is 0 Å². The van der Waals surface area contributed by atoms with Crippen LogP contribution in [0.3, 0.4) is 0 Å². The molecule has 0 unspecified atom stereocenters. The van der Waals surface area contributed by atoms with Crippen LogP contribution in [0.4, 0.5) is 17.3 Å². The predicted molar refractivity (Wildman–Crippen MR) is 80.3 cm³/mol. The van der Waals surface area contributed by atoms with Crippen LogP contribution >= 0.6 is 0 Å². The Hall–Kier alpha value is -2.61. The molecule has 0 aliphatic heterocycles. The van der Waals surface area contributed by atoms with E-state index in [-0.39, 0.29) is 0 Å². The number of benzene rings is 1. The first-order chi connectivity index (χ1) is 9.58. The molecule has 0 atom stereocenters. The van der Waals surface area contributed by atoms with E-state index in [2.05, 4.69) is 21.4 Å². The Labute approximate surface area is 118 Å². The molecule has 5 nitrogen and oxygen atoms in total. The molecule has 0 bridgehead atoms. The Bertz CT molecular complexity index is 672. The zero-order valence-corrected chi connectivity index (χ0v) is 12.1. The van der Waals surface area contributed by atoms with Gasteiger partial charge >= 0.3 is 0 Å². The molecule has 0 aliphatic carbocycles.